The first kappa shape index (κ1) is 25.2. The van der Waals surface area contributed by atoms with Crippen LogP contribution in [0.3, 0.4) is 0 Å². The number of hydrogen-bond acceptors (Lipinski definition) is 6. The Labute approximate surface area is 193 Å². The molecule has 31 heavy (non-hydrogen) atoms. The predicted molar refractivity (Wildman–Crippen MR) is 120 cm³/mol. The Bertz CT molecular complexity index is 894. The van der Waals surface area contributed by atoms with Crippen LogP contribution in [-0.2, 0) is 19.1 Å². The summed E-state index contributed by atoms with van der Waals surface area (Å²) in [4.78, 5) is 29.2. The monoisotopic (exact) mass is 470 g/mol. The van der Waals surface area contributed by atoms with Gasteiger partial charge in [0.1, 0.15) is 0 Å². The van der Waals surface area contributed by atoms with Crippen LogP contribution in [0.4, 0.5) is 0 Å². The molecule has 1 N–H and O–H groups in total. The number of halogens is 2. The maximum atomic E-state index is 12.7. The lowest BCUT2D eigenvalue weighted by atomic mass is 9.79. The van der Waals surface area contributed by atoms with E-state index < -0.39 is 17.9 Å². The van der Waals surface area contributed by atoms with Crippen LogP contribution < -0.4 is 0 Å². The highest BCUT2D eigenvalue weighted by molar-refractivity contribution is 6.31. The highest BCUT2D eigenvalue weighted by atomic mass is 35.5. The van der Waals surface area contributed by atoms with Crippen molar-refractivity contribution in [2.24, 2.45) is 0 Å². The molecule has 170 valence electrons. The Morgan fingerprint density at radius 3 is 2.45 bits per heavy atom. The quantitative estimate of drug-likeness (QED) is 0.638. The lowest BCUT2D eigenvalue weighted by Crippen LogP contribution is -2.39. The first-order chi connectivity index (χ1) is 14.4. The second kappa shape index (κ2) is 11.0. The third-order valence-electron chi connectivity index (χ3n) is 5.81. The summed E-state index contributed by atoms with van der Waals surface area (Å²) in [5.41, 5.74) is 2.36. The number of ether oxygens (including phenoxy) is 2. The molecule has 2 aliphatic rings. The molecule has 1 saturated heterocycles. The molecule has 1 fully saturated rings. The zero-order chi connectivity index (χ0) is 21.8. The molecule has 2 aliphatic heterocycles. The molecule has 1 aromatic rings. The average molecular weight is 471 g/mol. The highest BCUT2D eigenvalue weighted by Gasteiger charge is 2.40. The normalized spacial score (nSPS) is 19.9. The van der Waals surface area contributed by atoms with E-state index in [0.717, 1.165) is 13.1 Å². The van der Waals surface area contributed by atoms with E-state index in [4.69, 9.17) is 21.1 Å². The summed E-state index contributed by atoms with van der Waals surface area (Å²) >= 11 is 6.45. The van der Waals surface area contributed by atoms with Crippen LogP contribution in [0.5, 0.6) is 0 Å². The number of carboxylic acids is 1. The summed E-state index contributed by atoms with van der Waals surface area (Å²) in [7, 11) is 3.09. The molecule has 0 spiro atoms. The Hall–Kier alpha value is -2.06. The molecule has 2 heterocycles. The van der Waals surface area contributed by atoms with Crippen molar-refractivity contribution in [3.05, 3.63) is 57.4 Å². The largest absolute Gasteiger partial charge is 0.478 e. The van der Waals surface area contributed by atoms with E-state index in [2.05, 4.69) is 4.90 Å². The highest BCUT2D eigenvalue weighted by Crippen LogP contribution is 2.44. The van der Waals surface area contributed by atoms with Gasteiger partial charge in [-0.25, -0.2) is 9.59 Å². The van der Waals surface area contributed by atoms with Crippen molar-refractivity contribution in [3.8, 4) is 0 Å². The smallest absolute Gasteiger partial charge is 0.336 e. The number of nitrogens with zero attached hydrogens (tertiary/aromatic N) is 2. The molecule has 7 nitrogen and oxygen atoms in total. The number of carboxylic acid groups (broad SMARTS) is 1. The molecule has 3 rings (SSSR count). The van der Waals surface area contributed by atoms with E-state index in [-0.39, 0.29) is 18.0 Å². The topological polar surface area (TPSA) is 79.3 Å². The van der Waals surface area contributed by atoms with Gasteiger partial charge in [-0.15, -0.1) is 12.4 Å². The molecule has 1 atom stereocenters. The van der Waals surface area contributed by atoms with Crippen LogP contribution in [0.2, 0.25) is 5.02 Å². The number of allylic oxidation sites excluding steroid dienone is 1. The number of esters is 1. The van der Waals surface area contributed by atoms with E-state index >= 15 is 0 Å². The molecule has 0 aromatic heterocycles. The summed E-state index contributed by atoms with van der Waals surface area (Å²) in [5, 5.41) is 10.6. The number of carbonyl (C=O) groups is 2. The molecule has 1 unspecified atom stereocenters. The second-order valence-electron chi connectivity index (χ2n) is 7.37. The summed E-state index contributed by atoms with van der Waals surface area (Å²) in [5.74, 6) is -2.44. The molecule has 0 aliphatic carbocycles. The van der Waals surface area contributed by atoms with E-state index in [1.54, 1.807) is 36.2 Å². The lowest BCUT2D eigenvalue weighted by Gasteiger charge is -2.37. The van der Waals surface area contributed by atoms with Gasteiger partial charge in [0.25, 0.3) is 0 Å². The second-order valence-corrected chi connectivity index (χ2v) is 7.78. The molecular formula is C22H28Cl2N2O5. The Balaban J connectivity index is 0.00000341. The third kappa shape index (κ3) is 5.23. The van der Waals surface area contributed by atoms with Gasteiger partial charge in [0.05, 0.1) is 37.4 Å². The summed E-state index contributed by atoms with van der Waals surface area (Å²) < 4.78 is 10.4. The number of methoxy groups -OCH3 is 1. The minimum atomic E-state index is -1.07. The maximum Gasteiger partial charge on any atom is 0.336 e. The van der Waals surface area contributed by atoms with Crippen molar-refractivity contribution >= 4 is 35.9 Å². The predicted octanol–water partition coefficient (Wildman–Crippen LogP) is 3.30. The molecule has 0 radical (unpaired) electrons. The number of morpholine rings is 1. The van der Waals surface area contributed by atoms with Crippen molar-refractivity contribution in [3.63, 3.8) is 0 Å². The van der Waals surface area contributed by atoms with E-state index in [1.165, 1.54) is 7.11 Å². The Kier molecular flexibility index (Phi) is 8.94. The molecule has 0 amide bonds. The fraction of sp³-hybridized carbons (Fsp3) is 0.455. The van der Waals surface area contributed by atoms with Crippen molar-refractivity contribution in [1.82, 2.24) is 9.80 Å². The van der Waals surface area contributed by atoms with Gasteiger partial charge in [0, 0.05) is 49.5 Å². The van der Waals surface area contributed by atoms with Crippen molar-refractivity contribution in [2.45, 2.75) is 19.3 Å². The van der Waals surface area contributed by atoms with Gasteiger partial charge in [-0.1, -0.05) is 29.8 Å². The van der Waals surface area contributed by atoms with Gasteiger partial charge in [-0.3, -0.25) is 4.90 Å². The van der Waals surface area contributed by atoms with Gasteiger partial charge in [-0.2, -0.15) is 0 Å². The van der Waals surface area contributed by atoms with Gasteiger partial charge in [0.2, 0.25) is 0 Å². The van der Waals surface area contributed by atoms with E-state index in [9.17, 15) is 14.7 Å². The van der Waals surface area contributed by atoms with Gasteiger partial charge >= 0.3 is 11.9 Å². The average Bonchev–Trinajstić information content (AvgIpc) is 2.74. The van der Waals surface area contributed by atoms with Crippen LogP contribution in [0, 0.1) is 0 Å². The number of rotatable bonds is 6. The molecule has 0 bridgehead atoms. The first-order valence-corrected chi connectivity index (χ1v) is 10.3. The van der Waals surface area contributed by atoms with Gasteiger partial charge in [0.15, 0.2) is 0 Å². The zero-order valence-electron chi connectivity index (χ0n) is 17.9. The third-order valence-corrected chi connectivity index (χ3v) is 6.15. The Morgan fingerprint density at radius 1 is 1.23 bits per heavy atom. The standard InChI is InChI=1S/C22H27ClN2O5.ClH/c1-14-18(22(28)29-3)19(15-6-4-5-7-16(15)23)20(21(26)27)17(24(14)2)8-9-25-10-12-30-13-11-25;/h4-7,19H,8-13H2,1-3H3,(H,26,27);1H. The minimum Gasteiger partial charge on any atom is -0.478 e. The fourth-order valence-electron chi connectivity index (χ4n) is 4.12. The molecular weight excluding hydrogens is 443 g/mol. The number of carbonyl (C=O) groups excluding carboxylic acids is 1. The zero-order valence-corrected chi connectivity index (χ0v) is 19.5. The first-order valence-electron chi connectivity index (χ1n) is 9.90. The maximum absolute atomic E-state index is 12.7. The Morgan fingerprint density at radius 2 is 1.87 bits per heavy atom. The molecule has 9 heteroatoms. The minimum absolute atomic E-state index is 0. The van der Waals surface area contributed by atoms with E-state index in [1.807, 2.05) is 6.92 Å². The van der Waals surface area contributed by atoms with Gasteiger partial charge in [-0.05, 0) is 18.6 Å². The van der Waals surface area contributed by atoms with Gasteiger partial charge < -0.3 is 19.5 Å². The van der Waals surface area contributed by atoms with Crippen LogP contribution >= 0.6 is 24.0 Å². The van der Waals surface area contributed by atoms with Crippen LogP contribution in [0.25, 0.3) is 0 Å². The van der Waals surface area contributed by atoms with Crippen molar-refractivity contribution in [1.29, 1.82) is 0 Å². The van der Waals surface area contributed by atoms with Crippen molar-refractivity contribution < 1.29 is 24.2 Å². The lowest BCUT2D eigenvalue weighted by molar-refractivity contribution is -0.136. The summed E-state index contributed by atoms with van der Waals surface area (Å²) in [6.07, 6.45) is 0.533. The fourth-order valence-corrected chi connectivity index (χ4v) is 4.36. The number of benzene rings is 1. The van der Waals surface area contributed by atoms with Crippen LogP contribution in [0.1, 0.15) is 24.8 Å². The van der Waals surface area contributed by atoms with Crippen LogP contribution in [-0.4, -0.2) is 73.9 Å². The van der Waals surface area contributed by atoms with Crippen molar-refractivity contribution in [2.75, 3.05) is 47.0 Å². The molecule has 1 aromatic carbocycles. The summed E-state index contributed by atoms with van der Waals surface area (Å²) in [6.45, 7) is 5.49. The van der Waals surface area contributed by atoms with Crippen LogP contribution in [0.15, 0.2) is 46.8 Å². The number of aliphatic carboxylic acids is 1. The molecule has 0 saturated carbocycles. The number of hydrogen-bond donors (Lipinski definition) is 1. The SMILES string of the molecule is COC(=O)C1=C(C)N(C)C(CCN2CCOCC2)=C(C(=O)O)C1c1ccccc1Cl.Cl. The summed E-state index contributed by atoms with van der Waals surface area (Å²) in [6, 6.07) is 7.03. The van der Waals surface area contributed by atoms with E-state index in [0.29, 0.717) is 53.7 Å².